The lowest BCUT2D eigenvalue weighted by Gasteiger charge is -1.93. The quantitative estimate of drug-likeness (QED) is 0.474. The van der Waals surface area contributed by atoms with E-state index in [9.17, 15) is 0 Å². The molecule has 0 spiro atoms. The van der Waals surface area contributed by atoms with Crippen LogP contribution in [-0.4, -0.2) is 5.11 Å². The van der Waals surface area contributed by atoms with Crippen molar-refractivity contribution < 1.29 is 5.11 Å². The Labute approximate surface area is 79.6 Å². The summed E-state index contributed by atoms with van der Waals surface area (Å²) < 4.78 is 0. The van der Waals surface area contributed by atoms with Crippen molar-refractivity contribution in [3.05, 3.63) is 23.2 Å². The van der Waals surface area contributed by atoms with Crippen molar-refractivity contribution in [2.24, 2.45) is 0 Å². The third-order valence-corrected chi connectivity index (χ3v) is 2.17. The Balaban J connectivity index is 3.02. The molecular formula is C10H18OS. The van der Waals surface area contributed by atoms with Gasteiger partial charge in [0, 0.05) is 5.41 Å². The fourth-order valence-corrected chi connectivity index (χ4v) is 1.30. The molecule has 2 heteroatoms. The molecule has 1 N–H and O–H groups in total. The normalized spacial score (nSPS) is 11.8. The van der Waals surface area contributed by atoms with E-state index in [0.717, 1.165) is 12.7 Å². The van der Waals surface area contributed by atoms with Gasteiger partial charge >= 0.3 is 0 Å². The molecule has 12 heavy (non-hydrogen) atoms. The van der Waals surface area contributed by atoms with E-state index >= 15 is 0 Å². The van der Waals surface area contributed by atoms with Crippen LogP contribution in [0.1, 0.15) is 39.0 Å². The van der Waals surface area contributed by atoms with E-state index in [1.54, 1.807) is 5.41 Å². The van der Waals surface area contributed by atoms with Crippen LogP contribution < -0.4 is 0 Å². The highest BCUT2D eigenvalue weighted by atomic mass is 32.2. The second-order valence-electron chi connectivity index (χ2n) is 2.64. The molecule has 0 bridgehead atoms. The second kappa shape index (κ2) is 10.6. The summed E-state index contributed by atoms with van der Waals surface area (Å²) in [6.45, 7) is 2.22. The SMILES string of the molecule is CCCCCCC=CSC=CO. The van der Waals surface area contributed by atoms with E-state index in [4.69, 9.17) is 5.11 Å². The van der Waals surface area contributed by atoms with E-state index < -0.39 is 0 Å². The predicted octanol–water partition coefficient (Wildman–Crippen LogP) is 4.23. The van der Waals surface area contributed by atoms with Crippen LogP contribution >= 0.6 is 11.8 Å². The molecule has 0 rings (SSSR count). The Morgan fingerprint density at radius 3 is 2.67 bits per heavy atom. The van der Waals surface area contributed by atoms with Gasteiger partial charge in [-0.15, -0.1) is 11.8 Å². The molecule has 0 heterocycles. The largest absolute Gasteiger partial charge is 0.515 e. The minimum Gasteiger partial charge on any atom is -0.515 e. The third-order valence-electron chi connectivity index (χ3n) is 1.54. The lowest BCUT2D eigenvalue weighted by Crippen LogP contribution is -1.72. The molecule has 0 aliphatic heterocycles. The summed E-state index contributed by atoms with van der Waals surface area (Å²) >= 11 is 1.51. The maximum atomic E-state index is 8.30. The zero-order chi connectivity index (χ0) is 9.07. The number of rotatable bonds is 7. The van der Waals surface area contributed by atoms with Crippen molar-refractivity contribution in [1.29, 1.82) is 0 Å². The minimum atomic E-state index is 1.06. The molecule has 0 fully saturated rings. The highest BCUT2D eigenvalue weighted by Gasteiger charge is 1.83. The third kappa shape index (κ3) is 9.63. The Kier molecular flexibility index (Phi) is 10.3. The van der Waals surface area contributed by atoms with Gasteiger partial charge < -0.3 is 5.11 Å². The van der Waals surface area contributed by atoms with Crippen LogP contribution in [0.25, 0.3) is 0 Å². The molecule has 0 unspecified atom stereocenters. The lowest BCUT2D eigenvalue weighted by molar-refractivity contribution is 0.475. The summed E-state index contributed by atoms with van der Waals surface area (Å²) in [5.41, 5.74) is 0. The summed E-state index contributed by atoms with van der Waals surface area (Å²) in [7, 11) is 0. The monoisotopic (exact) mass is 186 g/mol. The van der Waals surface area contributed by atoms with E-state index in [0.29, 0.717) is 0 Å². The van der Waals surface area contributed by atoms with Gasteiger partial charge in [-0.05, 0) is 18.2 Å². The standard InChI is InChI=1S/C10H18OS/c1-2-3-4-5-6-7-9-12-10-8-11/h7-11H,2-6H2,1H3. The van der Waals surface area contributed by atoms with Crippen LogP contribution in [-0.2, 0) is 0 Å². The number of allylic oxidation sites excluding steroid dienone is 1. The van der Waals surface area contributed by atoms with Gasteiger partial charge in [0.2, 0.25) is 0 Å². The minimum absolute atomic E-state index is 1.06. The number of unbranched alkanes of at least 4 members (excludes halogenated alkanes) is 4. The molecule has 0 amide bonds. The van der Waals surface area contributed by atoms with Gasteiger partial charge in [0.25, 0.3) is 0 Å². The number of thioether (sulfide) groups is 1. The molecule has 0 radical (unpaired) electrons. The Bertz CT molecular complexity index is 130. The van der Waals surface area contributed by atoms with Gasteiger partial charge in [-0.25, -0.2) is 0 Å². The van der Waals surface area contributed by atoms with Crippen LogP contribution in [0.3, 0.4) is 0 Å². The summed E-state index contributed by atoms with van der Waals surface area (Å²) in [4.78, 5) is 0. The predicted molar refractivity (Wildman–Crippen MR) is 57.3 cm³/mol. The number of aliphatic hydroxyl groups excluding tert-OH is 1. The van der Waals surface area contributed by atoms with Crippen LogP contribution in [0.5, 0.6) is 0 Å². The van der Waals surface area contributed by atoms with Gasteiger partial charge in [0.15, 0.2) is 0 Å². The van der Waals surface area contributed by atoms with Crippen molar-refractivity contribution in [2.45, 2.75) is 39.0 Å². The molecule has 0 aromatic rings. The molecule has 1 nitrogen and oxygen atoms in total. The summed E-state index contributed by atoms with van der Waals surface area (Å²) in [6, 6.07) is 0. The second-order valence-corrected chi connectivity index (χ2v) is 3.46. The van der Waals surface area contributed by atoms with Gasteiger partial charge in [0.1, 0.15) is 0 Å². The van der Waals surface area contributed by atoms with E-state index in [2.05, 4.69) is 13.0 Å². The maximum Gasteiger partial charge on any atom is 0.0857 e. The highest BCUT2D eigenvalue weighted by molar-refractivity contribution is 8.04. The van der Waals surface area contributed by atoms with Gasteiger partial charge in [-0.3, -0.25) is 0 Å². The van der Waals surface area contributed by atoms with Gasteiger partial charge in [-0.1, -0.05) is 32.3 Å². The Hall–Kier alpha value is -0.370. The summed E-state index contributed by atoms with van der Waals surface area (Å²) in [5, 5.41) is 12.0. The molecule has 0 saturated carbocycles. The molecule has 0 aliphatic rings. The molecule has 0 aromatic heterocycles. The number of hydrogen-bond donors (Lipinski definition) is 1. The van der Waals surface area contributed by atoms with Crippen molar-refractivity contribution in [3.63, 3.8) is 0 Å². The average molecular weight is 186 g/mol. The van der Waals surface area contributed by atoms with Crippen LogP contribution in [0, 0.1) is 0 Å². The van der Waals surface area contributed by atoms with Crippen molar-refractivity contribution >= 4 is 11.8 Å². The molecule has 0 atom stereocenters. The lowest BCUT2D eigenvalue weighted by atomic mass is 10.2. The van der Waals surface area contributed by atoms with Crippen LogP contribution in [0.15, 0.2) is 23.2 Å². The zero-order valence-corrected chi connectivity index (χ0v) is 8.52. The topological polar surface area (TPSA) is 20.2 Å². The molecular weight excluding hydrogens is 168 g/mol. The maximum absolute atomic E-state index is 8.30. The summed E-state index contributed by atoms with van der Waals surface area (Å²) in [6.07, 6.45) is 9.64. The number of hydrogen-bond acceptors (Lipinski definition) is 2. The number of aliphatic hydroxyl groups is 1. The van der Waals surface area contributed by atoms with Crippen LogP contribution in [0.4, 0.5) is 0 Å². The highest BCUT2D eigenvalue weighted by Crippen LogP contribution is 2.07. The molecule has 0 aliphatic carbocycles. The van der Waals surface area contributed by atoms with Crippen molar-refractivity contribution in [3.8, 4) is 0 Å². The fourth-order valence-electron chi connectivity index (χ4n) is 0.893. The fraction of sp³-hybridized carbons (Fsp3) is 0.600. The zero-order valence-electron chi connectivity index (χ0n) is 7.70. The molecule has 0 aromatic carbocycles. The van der Waals surface area contributed by atoms with E-state index in [-0.39, 0.29) is 0 Å². The van der Waals surface area contributed by atoms with Crippen molar-refractivity contribution in [2.75, 3.05) is 0 Å². The van der Waals surface area contributed by atoms with Gasteiger partial charge in [0.05, 0.1) is 6.26 Å². The first-order chi connectivity index (χ1) is 5.91. The Morgan fingerprint density at radius 1 is 1.17 bits per heavy atom. The summed E-state index contributed by atoms with van der Waals surface area (Å²) in [5.74, 6) is 0. The van der Waals surface area contributed by atoms with Crippen LogP contribution in [0.2, 0.25) is 0 Å². The van der Waals surface area contributed by atoms with E-state index in [1.165, 1.54) is 37.4 Å². The first kappa shape index (κ1) is 11.6. The molecule has 0 saturated heterocycles. The average Bonchev–Trinajstić information content (AvgIpc) is 2.10. The van der Waals surface area contributed by atoms with Gasteiger partial charge in [-0.2, -0.15) is 0 Å². The van der Waals surface area contributed by atoms with Crippen molar-refractivity contribution in [1.82, 2.24) is 0 Å². The Morgan fingerprint density at radius 2 is 2.00 bits per heavy atom. The first-order valence-electron chi connectivity index (χ1n) is 4.51. The van der Waals surface area contributed by atoms with E-state index in [1.807, 2.05) is 5.41 Å². The first-order valence-corrected chi connectivity index (χ1v) is 5.45. The smallest absolute Gasteiger partial charge is 0.0857 e. The molecule has 70 valence electrons.